The first-order chi connectivity index (χ1) is 13.8. The maximum absolute atomic E-state index is 12.6. The topological polar surface area (TPSA) is 105 Å². The van der Waals surface area contributed by atoms with Crippen molar-refractivity contribution in [1.82, 2.24) is 24.9 Å². The molecule has 1 aliphatic rings. The van der Waals surface area contributed by atoms with Crippen molar-refractivity contribution in [3.8, 4) is 5.88 Å². The predicted molar refractivity (Wildman–Crippen MR) is 97.2 cm³/mol. The average molecular weight is 407 g/mol. The predicted octanol–water partition coefficient (Wildman–Crippen LogP) is 2.70. The smallest absolute Gasteiger partial charge is 0.386 e. The van der Waals surface area contributed by atoms with Crippen molar-refractivity contribution in [1.29, 1.82) is 0 Å². The van der Waals surface area contributed by atoms with Gasteiger partial charge in [-0.05, 0) is 25.0 Å². The molecule has 0 atom stereocenters. The Hall–Kier alpha value is -3.57. The highest BCUT2D eigenvalue weighted by Gasteiger charge is 2.33. The number of ether oxygens (including phenoxy) is 1. The van der Waals surface area contributed by atoms with Gasteiger partial charge in [-0.15, -0.1) is 13.2 Å². The number of hydrogen-bond acceptors (Lipinski definition) is 7. The summed E-state index contributed by atoms with van der Waals surface area (Å²) in [5, 5.41) is 12.7. The molecule has 29 heavy (non-hydrogen) atoms. The minimum atomic E-state index is -4.89. The lowest BCUT2D eigenvalue weighted by molar-refractivity contribution is -0.275. The van der Waals surface area contributed by atoms with E-state index < -0.39 is 12.2 Å². The van der Waals surface area contributed by atoms with Crippen molar-refractivity contribution < 1.29 is 22.7 Å². The highest BCUT2D eigenvalue weighted by Crippen LogP contribution is 2.30. The number of hydrogen-bond donors (Lipinski definition) is 3. The summed E-state index contributed by atoms with van der Waals surface area (Å²) in [6.45, 7) is 0. The molecule has 0 saturated heterocycles. The summed E-state index contributed by atoms with van der Waals surface area (Å²) in [4.78, 5) is 20.4. The number of nitrogens with zero attached hydrogens (tertiary/aromatic N) is 4. The molecule has 3 aromatic heterocycles. The Balaban J connectivity index is 1.70. The molecule has 1 fully saturated rings. The third kappa shape index (κ3) is 4.15. The number of aromatic nitrogens is 4. The first-order valence-electron chi connectivity index (χ1n) is 8.69. The second-order valence-corrected chi connectivity index (χ2v) is 6.35. The molecule has 12 heteroatoms. The summed E-state index contributed by atoms with van der Waals surface area (Å²) in [6, 6.07) is 4.51. The standard InChI is InChI=1S/C17H16F3N7O2/c1-21-13-7-12(25-11-3-2-6-22-16(11)29-17(18,19)20)26-14-10(8-23-27(13)14)15(28)24-9-4-5-9/h2-3,6-9,21H,4-5H2,1H3,(H,24,28)(H,25,26). The fourth-order valence-corrected chi connectivity index (χ4v) is 2.67. The molecule has 0 aromatic carbocycles. The number of nitrogens with one attached hydrogen (secondary N) is 3. The second-order valence-electron chi connectivity index (χ2n) is 6.35. The summed E-state index contributed by atoms with van der Waals surface area (Å²) < 4.78 is 43.3. The summed E-state index contributed by atoms with van der Waals surface area (Å²) in [6.07, 6.45) is -0.462. The van der Waals surface area contributed by atoms with E-state index in [2.05, 4.69) is 35.8 Å². The van der Waals surface area contributed by atoms with Gasteiger partial charge < -0.3 is 20.7 Å². The van der Waals surface area contributed by atoms with E-state index in [9.17, 15) is 18.0 Å². The molecule has 3 heterocycles. The van der Waals surface area contributed by atoms with Gasteiger partial charge in [0.15, 0.2) is 5.65 Å². The summed E-state index contributed by atoms with van der Waals surface area (Å²) >= 11 is 0. The molecule has 0 spiro atoms. The second kappa shape index (κ2) is 7.11. The van der Waals surface area contributed by atoms with Gasteiger partial charge in [0, 0.05) is 25.4 Å². The van der Waals surface area contributed by atoms with Crippen LogP contribution in [-0.4, -0.2) is 44.9 Å². The lowest BCUT2D eigenvalue weighted by Gasteiger charge is -2.14. The van der Waals surface area contributed by atoms with Crippen LogP contribution in [0.2, 0.25) is 0 Å². The number of anilines is 3. The highest BCUT2D eigenvalue weighted by atomic mass is 19.4. The van der Waals surface area contributed by atoms with Gasteiger partial charge in [-0.25, -0.2) is 9.97 Å². The molecule has 3 aromatic rings. The number of carbonyl (C=O) groups excluding carboxylic acids is 1. The largest absolute Gasteiger partial charge is 0.574 e. The normalized spacial score (nSPS) is 13.9. The molecule has 9 nitrogen and oxygen atoms in total. The summed E-state index contributed by atoms with van der Waals surface area (Å²) in [5.41, 5.74) is 0.474. The molecule has 1 amide bonds. The fraction of sp³-hybridized carbons (Fsp3) is 0.294. The molecule has 152 valence electrons. The van der Waals surface area contributed by atoms with Crippen molar-refractivity contribution in [2.75, 3.05) is 17.7 Å². The van der Waals surface area contributed by atoms with E-state index >= 15 is 0 Å². The monoisotopic (exact) mass is 407 g/mol. The zero-order valence-corrected chi connectivity index (χ0v) is 15.1. The average Bonchev–Trinajstić information content (AvgIpc) is 3.37. The fourth-order valence-electron chi connectivity index (χ4n) is 2.67. The zero-order valence-electron chi connectivity index (χ0n) is 15.1. The Morgan fingerprint density at radius 2 is 2.14 bits per heavy atom. The zero-order chi connectivity index (χ0) is 20.6. The van der Waals surface area contributed by atoms with E-state index in [4.69, 9.17) is 0 Å². The van der Waals surface area contributed by atoms with E-state index in [1.807, 2.05) is 0 Å². The van der Waals surface area contributed by atoms with Crippen LogP contribution in [0.3, 0.4) is 0 Å². The van der Waals surface area contributed by atoms with Crippen LogP contribution in [0.5, 0.6) is 5.88 Å². The number of carbonyl (C=O) groups is 1. The van der Waals surface area contributed by atoms with Crippen LogP contribution >= 0.6 is 0 Å². The van der Waals surface area contributed by atoms with Crippen LogP contribution in [0.4, 0.5) is 30.5 Å². The first kappa shape index (κ1) is 18.8. The maximum Gasteiger partial charge on any atom is 0.574 e. The van der Waals surface area contributed by atoms with Gasteiger partial charge in [0.2, 0.25) is 5.88 Å². The first-order valence-corrected chi connectivity index (χ1v) is 8.69. The van der Waals surface area contributed by atoms with Gasteiger partial charge in [0.25, 0.3) is 5.91 Å². The number of pyridine rings is 1. The van der Waals surface area contributed by atoms with Crippen LogP contribution < -0.4 is 20.7 Å². The van der Waals surface area contributed by atoms with Gasteiger partial charge in [0.05, 0.1) is 6.20 Å². The SMILES string of the molecule is CNc1cc(Nc2cccnc2OC(F)(F)F)nc2c(C(=O)NC3CC3)cnn12. The van der Waals surface area contributed by atoms with Crippen LogP contribution in [0.15, 0.2) is 30.6 Å². The Kier molecular flexibility index (Phi) is 4.60. The van der Waals surface area contributed by atoms with Crippen LogP contribution in [-0.2, 0) is 0 Å². The molecular formula is C17H16F3N7O2. The van der Waals surface area contributed by atoms with E-state index in [0.717, 1.165) is 12.8 Å². The molecule has 0 aliphatic heterocycles. The summed E-state index contributed by atoms with van der Waals surface area (Å²) in [7, 11) is 1.65. The number of rotatable bonds is 6. The van der Waals surface area contributed by atoms with Gasteiger partial charge >= 0.3 is 6.36 Å². The lowest BCUT2D eigenvalue weighted by atomic mass is 10.3. The van der Waals surface area contributed by atoms with Gasteiger partial charge in [-0.2, -0.15) is 9.61 Å². The van der Waals surface area contributed by atoms with Crippen molar-refractivity contribution in [2.45, 2.75) is 25.2 Å². The molecule has 0 unspecified atom stereocenters. The third-order valence-electron chi connectivity index (χ3n) is 4.13. The lowest BCUT2D eigenvalue weighted by Crippen LogP contribution is -2.25. The molecule has 3 N–H and O–H groups in total. The molecule has 0 bridgehead atoms. The Morgan fingerprint density at radius 3 is 2.83 bits per heavy atom. The van der Waals surface area contributed by atoms with Gasteiger partial charge in [-0.1, -0.05) is 0 Å². The van der Waals surface area contributed by atoms with Crippen molar-refractivity contribution in [2.24, 2.45) is 0 Å². The number of amides is 1. The van der Waals surface area contributed by atoms with E-state index in [-0.39, 0.29) is 34.7 Å². The maximum atomic E-state index is 12.6. The molecule has 0 radical (unpaired) electrons. The minimum absolute atomic E-state index is 0.0350. The van der Waals surface area contributed by atoms with E-state index in [1.165, 1.54) is 35.1 Å². The van der Waals surface area contributed by atoms with E-state index in [1.54, 1.807) is 7.05 Å². The van der Waals surface area contributed by atoms with Crippen LogP contribution in [0, 0.1) is 0 Å². The van der Waals surface area contributed by atoms with Crippen molar-refractivity contribution >= 4 is 28.9 Å². The van der Waals surface area contributed by atoms with Crippen molar-refractivity contribution in [3.63, 3.8) is 0 Å². The van der Waals surface area contributed by atoms with Gasteiger partial charge in [-0.3, -0.25) is 4.79 Å². The van der Waals surface area contributed by atoms with E-state index in [0.29, 0.717) is 5.82 Å². The Bertz CT molecular complexity index is 1060. The number of fused-ring (bicyclic) bond motifs is 1. The van der Waals surface area contributed by atoms with Crippen molar-refractivity contribution in [3.05, 3.63) is 36.2 Å². The third-order valence-corrected chi connectivity index (χ3v) is 4.13. The number of halogens is 3. The molecule has 1 aliphatic carbocycles. The van der Waals surface area contributed by atoms with Crippen LogP contribution in [0.25, 0.3) is 5.65 Å². The molecule has 4 rings (SSSR count). The molecular weight excluding hydrogens is 391 g/mol. The Labute approximate surface area is 162 Å². The van der Waals surface area contributed by atoms with Crippen LogP contribution in [0.1, 0.15) is 23.2 Å². The highest BCUT2D eigenvalue weighted by molar-refractivity contribution is 6.00. The summed E-state index contributed by atoms with van der Waals surface area (Å²) in [5.74, 6) is -0.294. The molecule has 1 saturated carbocycles. The number of alkyl halides is 3. The van der Waals surface area contributed by atoms with Gasteiger partial charge in [0.1, 0.15) is 22.9 Å². The minimum Gasteiger partial charge on any atom is -0.386 e. The quantitative estimate of drug-likeness (QED) is 0.577. The Morgan fingerprint density at radius 1 is 1.34 bits per heavy atom.